The molecule has 0 spiro atoms. The van der Waals surface area contributed by atoms with E-state index in [1.54, 1.807) is 0 Å². The quantitative estimate of drug-likeness (QED) is 0.858. The SMILES string of the molecule is Cc1ccccc1NC1(CO)CC(C)(C)CC(C)(C)C1. The Morgan fingerprint density at radius 2 is 1.55 bits per heavy atom. The number of anilines is 1. The van der Waals surface area contributed by atoms with E-state index < -0.39 is 0 Å². The number of hydrogen-bond acceptors (Lipinski definition) is 2. The Kier molecular flexibility index (Phi) is 3.90. The zero-order valence-corrected chi connectivity index (χ0v) is 13.6. The van der Waals surface area contributed by atoms with Gasteiger partial charge in [-0.15, -0.1) is 0 Å². The van der Waals surface area contributed by atoms with Crippen molar-refractivity contribution in [1.82, 2.24) is 0 Å². The van der Waals surface area contributed by atoms with Gasteiger partial charge < -0.3 is 10.4 Å². The Labute approximate surface area is 123 Å². The van der Waals surface area contributed by atoms with Crippen LogP contribution in [0.25, 0.3) is 0 Å². The zero-order valence-electron chi connectivity index (χ0n) is 13.6. The van der Waals surface area contributed by atoms with Gasteiger partial charge in [-0.05, 0) is 48.6 Å². The van der Waals surface area contributed by atoms with Gasteiger partial charge in [0.1, 0.15) is 0 Å². The van der Waals surface area contributed by atoms with Crippen LogP contribution in [0.15, 0.2) is 24.3 Å². The highest BCUT2D eigenvalue weighted by Crippen LogP contribution is 2.51. The summed E-state index contributed by atoms with van der Waals surface area (Å²) < 4.78 is 0. The third kappa shape index (κ3) is 3.35. The van der Waals surface area contributed by atoms with E-state index >= 15 is 0 Å². The number of aliphatic hydroxyl groups excluding tert-OH is 1. The lowest BCUT2D eigenvalue weighted by Gasteiger charge is -2.52. The van der Waals surface area contributed by atoms with Gasteiger partial charge in [0.05, 0.1) is 12.1 Å². The third-order valence-corrected chi connectivity index (χ3v) is 4.44. The molecule has 0 aromatic heterocycles. The van der Waals surface area contributed by atoms with Gasteiger partial charge in [-0.1, -0.05) is 45.9 Å². The number of nitrogens with one attached hydrogen (secondary N) is 1. The van der Waals surface area contributed by atoms with Crippen LogP contribution >= 0.6 is 0 Å². The molecule has 1 saturated carbocycles. The van der Waals surface area contributed by atoms with Crippen LogP contribution in [0.1, 0.15) is 52.5 Å². The molecule has 1 aromatic rings. The fourth-order valence-corrected chi connectivity index (χ4v) is 4.55. The van der Waals surface area contributed by atoms with E-state index in [2.05, 4.69) is 64.2 Å². The highest BCUT2D eigenvalue weighted by molar-refractivity contribution is 5.52. The van der Waals surface area contributed by atoms with Gasteiger partial charge in [-0.3, -0.25) is 0 Å². The second-order valence-electron chi connectivity index (χ2n) is 8.24. The van der Waals surface area contributed by atoms with Crippen molar-refractivity contribution in [2.75, 3.05) is 11.9 Å². The van der Waals surface area contributed by atoms with Crippen LogP contribution in [0.3, 0.4) is 0 Å². The summed E-state index contributed by atoms with van der Waals surface area (Å²) in [5, 5.41) is 13.8. The lowest BCUT2D eigenvalue weighted by molar-refractivity contribution is 0.0287. The molecule has 0 aliphatic heterocycles. The van der Waals surface area contributed by atoms with E-state index in [1.807, 2.05) is 0 Å². The van der Waals surface area contributed by atoms with Gasteiger partial charge in [0.25, 0.3) is 0 Å². The molecule has 0 unspecified atom stereocenters. The van der Waals surface area contributed by atoms with Crippen LogP contribution in [-0.4, -0.2) is 17.3 Å². The minimum absolute atomic E-state index is 0.189. The van der Waals surface area contributed by atoms with Crippen molar-refractivity contribution in [3.05, 3.63) is 29.8 Å². The molecule has 2 N–H and O–H groups in total. The van der Waals surface area contributed by atoms with Crippen molar-refractivity contribution in [3.8, 4) is 0 Å². The second kappa shape index (κ2) is 5.07. The maximum absolute atomic E-state index is 10.1. The van der Waals surface area contributed by atoms with Gasteiger partial charge in [0, 0.05) is 5.69 Å². The highest BCUT2D eigenvalue weighted by Gasteiger charge is 2.47. The monoisotopic (exact) mass is 275 g/mol. The summed E-state index contributed by atoms with van der Waals surface area (Å²) >= 11 is 0. The van der Waals surface area contributed by atoms with E-state index in [9.17, 15) is 5.11 Å². The number of hydrogen-bond donors (Lipinski definition) is 2. The molecule has 0 radical (unpaired) electrons. The molecule has 0 bridgehead atoms. The Balaban J connectivity index is 2.31. The second-order valence-corrected chi connectivity index (χ2v) is 8.24. The topological polar surface area (TPSA) is 32.3 Å². The minimum atomic E-state index is -0.211. The van der Waals surface area contributed by atoms with Gasteiger partial charge in [0.2, 0.25) is 0 Å². The summed E-state index contributed by atoms with van der Waals surface area (Å²) in [6.07, 6.45) is 3.22. The fourth-order valence-electron chi connectivity index (χ4n) is 4.55. The number of benzene rings is 1. The molecular weight excluding hydrogens is 246 g/mol. The molecule has 0 amide bonds. The first-order valence-electron chi connectivity index (χ1n) is 7.62. The first kappa shape index (κ1) is 15.4. The van der Waals surface area contributed by atoms with Crippen molar-refractivity contribution < 1.29 is 5.11 Å². The standard InChI is InChI=1S/C18H29NO/c1-14-8-6-7-9-15(14)19-18(13-20)11-16(2,3)10-17(4,5)12-18/h6-9,19-20H,10-13H2,1-5H3. The molecule has 112 valence electrons. The smallest absolute Gasteiger partial charge is 0.0661 e. The van der Waals surface area contributed by atoms with Crippen LogP contribution in [0.4, 0.5) is 5.69 Å². The maximum Gasteiger partial charge on any atom is 0.0661 e. The molecule has 2 heteroatoms. The van der Waals surface area contributed by atoms with Crippen LogP contribution in [0.2, 0.25) is 0 Å². The average molecular weight is 275 g/mol. The molecule has 1 aromatic carbocycles. The third-order valence-electron chi connectivity index (χ3n) is 4.44. The predicted molar refractivity (Wildman–Crippen MR) is 86.0 cm³/mol. The van der Waals surface area contributed by atoms with Crippen LogP contribution < -0.4 is 5.32 Å². The Hall–Kier alpha value is -1.02. The molecular formula is C18H29NO. The van der Waals surface area contributed by atoms with E-state index in [-0.39, 0.29) is 23.0 Å². The van der Waals surface area contributed by atoms with Crippen molar-refractivity contribution in [2.45, 2.75) is 59.4 Å². The molecule has 20 heavy (non-hydrogen) atoms. The van der Waals surface area contributed by atoms with E-state index in [0.29, 0.717) is 0 Å². The Morgan fingerprint density at radius 1 is 1.00 bits per heavy atom. The first-order valence-corrected chi connectivity index (χ1v) is 7.62. The van der Waals surface area contributed by atoms with Gasteiger partial charge in [0.15, 0.2) is 0 Å². The van der Waals surface area contributed by atoms with Crippen molar-refractivity contribution in [3.63, 3.8) is 0 Å². The Morgan fingerprint density at radius 3 is 2.05 bits per heavy atom. The Bertz CT molecular complexity index is 460. The molecule has 2 nitrogen and oxygen atoms in total. The van der Waals surface area contributed by atoms with E-state index in [0.717, 1.165) is 18.5 Å². The van der Waals surface area contributed by atoms with Gasteiger partial charge in [-0.25, -0.2) is 0 Å². The van der Waals surface area contributed by atoms with E-state index in [4.69, 9.17) is 0 Å². The number of aryl methyl sites for hydroxylation is 1. The zero-order chi connectivity index (χ0) is 15.0. The molecule has 1 aliphatic rings. The largest absolute Gasteiger partial charge is 0.394 e. The normalized spacial score (nSPS) is 23.3. The van der Waals surface area contributed by atoms with Gasteiger partial charge >= 0.3 is 0 Å². The van der Waals surface area contributed by atoms with Crippen molar-refractivity contribution in [2.24, 2.45) is 10.8 Å². The summed E-state index contributed by atoms with van der Waals surface area (Å²) in [5.74, 6) is 0. The van der Waals surface area contributed by atoms with Crippen LogP contribution in [-0.2, 0) is 0 Å². The number of rotatable bonds is 3. The molecule has 0 heterocycles. The summed E-state index contributed by atoms with van der Waals surface area (Å²) in [6, 6.07) is 8.34. The molecule has 2 rings (SSSR count). The van der Waals surface area contributed by atoms with Gasteiger partial charge in [-0.2, -0.15) is 0 Å². The van der Waals surface area contributed by atoms with Crippen molar-refractivity contribution >= 4 is 5.69 Å². The van der Waals surface area contributed by atoms with Crippen LogP contribution in [0.5, 0.6) is 0 Å². The summed E-state index contributed by atoms with van der Waals surface area (Å²) in [6.45, 7) is 11.6. The molecule has 1 aliphatic carbocycles. The summed E-state index contributed by atoms with van der Waals surface area (Å²) in [7, 11) is 0. The maximum atomic E-state index is 10.1. The lowest BCUT2D eigenvalue weighted by Crippen LogP contribution is -2.53. The molecule has 0 saturated heterocycles. The average Bonchev–Trinajstić information content (AvgIpc) is 2.28. The lowest BCUT2D eigenvalue weighted by atomic mass is 9.58. The van der Waals surface area contributed by atoms with E-state index in [1.165, 1.54) is 12.0 Å². The van der Waals surface area contributed by atoms with Crippen molar-refractivity contribution in [1.29, 1.82) is 0 Å². The van der Waals surface area contributed by atoms with Crippen LogP contribution in [0, 0.1) is 17.8 Å². The molecule has 1 fully saturated rings. The number of aliphatic hydroxyl groups is 1. The number of para-hydroxylation sites is 1. The predicted octanol–water partition coefficient (Wildman–Crippen LogP) is 4.37. The highest BCUT2D eigenvalue weighted by atomic mass is 16.3. The summed E-state index contributed by atoms with van der Waals surface area (Å²) in [4.78, 5) is 0. The first-order chi connectivity index (χ1) is 9.17. The molecule has 0 atom stereocenters. The fraction of sp³-hybridized carbons (Fsp3) is 0.667. The minimum Gasteiger partial charge on any atom is -0.394 e. The summed E-state index contributed by atoms with van der Waals surface area (Å²) in [5.41, 5.74) is 2.68.